The first-order chi connectivity index (χ1) is 10.6. The minimum Gasteiger partial charge on any atom is -0.375 e. The van der Waals surface area contributed by atoms with Gasteiger partial charge in [0.05, 0.1) is 17.9 Å². The summed E-state index contributed by atoms with van der Waals surface area (Å²) in [6, 6.07) is 0. The number of carbonyl (C=O) groups excluding carboxylic acids is 1. The van der Waals surface area contributed by atoms with E-state index in [1.807, 2.05) is 11.1 Å². The second-order valence-electron chi connectivity index (χ2n) is 6.54. The van der Waals surface area contributed by atoms with Crippen molar-refractivity contribution in [1.82, 2.24) is 14.9 Å². The molecule has 1 amide bonds. The largest absolute Gasteiger partial charge is 0.375 e. The van der Waals surface area contributed by atoms with Gasteiger partial charge in [0.25, 0.3) is 0 Å². The molecule has 1 aromatic rings. The Bertz CT molecular complexity index is 550. The Morgan fingerprint density at radius 1 is 1.45 bits per heavy atom. The SMILES string of the molecule is C=C(C)C(=O)N1CCC2(CC1)CC(Cc1cnccn1)CO2. The van der Waals surface area contributed by atoms with E-state index in [2.05, 4.69) is 16.5 Å². The third kappa shape index (κ3) is 3.19. The number of aromatic nitrogens is 2. The molecule has 5 heteroatoms. The van der Waals surface area contributed by atoms with Crippen LogP contribution in [0.25, 0.3) is 0 Å². The molecule has 1 aromatic heterocycles. The lowest BCUT2D eigenvalue weighted by Crippen LogP contribution is -2.46. The zero-order valence-electron chi connectivity index (χ0n) is 13.1. The normalized spacial score (nSPS) is 23.7. The summed E-state index contributed by atoms with van der Waals surface area (Å²) in [5.74, 6) is 0.573. The molecule has 0 saturated carbocycles. The first-order valence-corrected chi connectivity index (χ1v) is 7.92. The quantitative estimate of drug-likeness (QED) is 0.801. The molecular weight excluding hydrogens is 278 g/mol. The van der Waals surface area contributed by atoms with E-state index in [4.69, 9.17) is 4.74 Å². The number of ether oxygens (including phenoxy) is 1. The van der Waals surface area contributed by atoms with Gasteiger partial charge in [0.15, 0.2) is 0 Å². The molecule has 3 rings (SSSR count). The minimum atomic E-state index is -0.0429. The van der Waals surface area contributed by atoms with Crippen LogP contribution in [0.5, 0.6) is 0 Å². The highest BCUT2D eigenvalue weighted by Crippen LogP contribution is 2.39. The Morgan fingerprint density at radius 2 is 2.23 bits per heavy atom. The van der Waals surface area contributed by atoms with Gasteiger partial charge < -0.3 is 9.64 Å². The zero-order valence-corrected chi connectivity index (χ0v) is 13.1. The highest BCUT2D eigenvalue weighted by molar-refractivity contribution is 5.92. The van der Waals surface area contributed by atoms with E-state index in [0.29, 0.717) is 11.5 Å². The van der Waals surface area contributed by atoms with Crippen LogP contribution < -0.4 is 0 Å². The summed E-state index contributed by atoms with van der Waals surface area (Å²) >= 11 is 0. The molecule has 118 valence electrons. The number of amides is 1. The predicted octanol–water partition coefficient (Wildman–Crippen LogP) is 1.99. The number of likely N-dealkylation sites (tertiary alicyclic amines) is 1. The van der Waals surface area contributed by atoms with Crippen LogP contribution in [0.15, 0.2) is 30.7 Å². The van der Waals surface area contributed by atoms with Gasteiger partial charge >= 0.3 is 0 Å². The number of hydrogen-bond acceptors (Lipinski definition) is 4. The Morgan fingerprint density at radius 3 is 2.86 bits per heavy atom. The van der Waals surface area contributed by atoms with Crippen molar-refractivity contribution in [3.8, 4) is 0 Å². The summed E-state index contributed by atoms with van der Waals surface area (Å²) in [6.07, 6.45) is 9.08. The third-order valence-electron chi connectivity index (χ3n) is 4.73. The van der Waals surface area contributed by atoms with Crippen LogP contribution in [0, 0.1) is 5.92 Å². The maximum Gasteiger partial charge on any atom is 0.248 e. The molecular formula is C17H23N3O2. The third-order valence-corrected chi connectivity index (χ3v) is 4.73. The molecule has 0 N–H and O–H groups in total. The Balaban J connectivity index is 1.55. The number of nitrogens with zero attached hydrogens (tertiary/aromatic N) is 3. The van der Waals surface area contributed by atoms with Crippen LogP contribution in [0.1, 0.15) is 31.9 Å². The second kappa shape index (κ2) is 6.16. The van der Waals surface area contributed by atoms with Gasteiger partial charge in [0.1, 0.15) is 0 Å². The highest BCUT2D eigenvalue weighted by atomic mass is 16.5. The van der Waals surface area contributed by atoms with Crippen molar-refractivity contribution >= 4 is 5.91 Å². The van der Waals surface area contributed by atoms with Crippen LogP contribution in [0.2, 0.25) is 0 Å². The molecule has 1 spiro atoms. The number of hydrogen-bond donors (Lipinski definition) is 0. The molecule has 5 nitrogen and oxygen atoms in total. The van der Waals surface area contributed by atoms with Crippen LogP contribution in [0.3, 0.4) is 0 Å². The molecule has 2 saturated heterocycles. The van der Waals surface area contributed by atoms with E-state index in [1.165, 1.54) is 0 Å². The van der Waals surface area contributed by atoms with Gasteiger partial charge in [-0.2, -0.15) is 0 Å². The van der Waals surface area contributed by atoms with Crippen LogP contribution in [-0.4, -0.2) is 46.1 Å². The predicted molar refractivity (Wildman–Crippen MR) is 83.2 cm³/mol. The fourth-order valence-electron chi connectivity index (χ4n) is 3.54. The molecule has 1 atom stereocenters. The van der Waals surface area contributed by atoms with Crippen molar-refractivity contribution in [1.29, 1.82) is 0 Å². The lowest BCUT2D eigenvalue weighted by atomic mass is 9.84. The maximum atomic E-state index is 12.0. The molecule has 2 fully saturated rings. The first kappa shape index (κ1) is 15.2. The lowest BCUT2D eigenvalue weighted by molar-refractivity contribution is -0.131. The fourth-order valence-corrected chi connectivity index (χ4v) is 3.54. The molecule has 0 aliphatic carbocycles. The van der Waals surface area contributed by atoms with E-state index in [1.54, 1.807) is 19.3 Å². The van der Waals surface area contributed by atoms with Crippen molar-refractivity contribution in [2.24, 2.45) is 5.92 Å². The van der Waals surface area contributed by atoms with Crippen molar-refractivity contribution in [3.63, 3.8) is 0 Å². The van der Waals surface area contributed by atoms with Gasteiger partial charge in [0.2, 0.25) is 5.91 Å². The summed E-state index contributed by atoms with van der Waals surface area (Å²) in [4.78, 5) is 22.3. The van der Waals surface area contributed by atoms with Gasteiger partial charge in [-0.15, -0.1) is 0 Å². The molecule has 0 aromatic carbocycles. The number of carbonyl (C=O) groups is 1. The summed E-state index contributed by atoms with van der Waals surface area (Å²) < 4.78 is 6.15. The molecule has 2 aliphatic heterocycles. The van der Waals surface area contributed by atoms with Crippen molar-refractivity contribution in [3.05, 3.63) is 36.4 Å². The topological polar surface area (TPSA) is 55.3 Å². The van der Waals surface area contributed by atoms with Gasteiger partial charge in [-0.1, -0.05) is 6.58 Å². The van der Waals surface area contributed by atoms with Gasteiger partial charge in [0, 0.05) is 37.3 Å². The van der Waals surface area contributed by atoms with E-state index < -0.39 is 0 Å². The minimum absolute atomic E-state index is 0.0429. The van der Waals surface area contributed by atoms with Gasteiger partial charge in [-0.05, 0) is 38.5 Å². The Labute approximate surface area is 131 Å². The first-order valence-electron chi connectivity index (χ1n) is 7.92. The lowest BCUT2D eigenvalue weighted by Gasteiger charge is -2.38. The summed E-state index contributed by atoms with van der Waals surface area (Å²) in [5, 5.41) is 0. The van der Waals surface area contributed by atoms with E-state index in [0.717, 1.165) is 51.1 Å². The average molecular weight is 301 g/mol. The van der Waals surface area contributed by atoms with Crippen LogP contribution in [0.4, 0.5) is 0 Å². The summed E-state index contributed by atoms with van der Waals surface area (Å²) in [5.41, 5.74) is 1.60. The van der Waals surface area contributed by atoms with Crippen molar-refractivity contribution in [2.75, 3.05) is 19.7 Å². The fraction of sp³-hybridized carbons (Fsp3) is 0.588. The smallest absolute Gasteiger partial charge is 0.248 e. The summed E-state index contributed by atoms with van der Waals surface area (Å²) in [7, 11) is 0. The van der Waals surface area contributed by atoms with Crippen molar-refractivity contribution < 1.29 is 9.53 Å². The van der Waals surface area contributed by atoms with E-state index in [9.17, 15) is 4.79 Å². The summed E-state index contributed by atoms with van der Waals surface area (Å²) in [6.45, 7) is 7.83. The molecule has 0 bridgehead atoms. The Kier molecular flexibility index (Phi) is 4.25. The Hall–Kier alpha value is -1.75. The molecule has 1 unspecified atom stereocenters. The molecule has 0 radical (unpaired) electrons. The van der Waals surface area contributed by atoms with Gasteiger partial charge in [-0.25, -0.2) is 0 Å². The van der Waals surface area contributed by atoms with E-state index >= 15 is 0 Å². The van der Waals surface area contributed by atoms with E-state index in [-0.39, 0.29) is 11.5 Å². The molecule has 3 heterocycles. The average Bonchev–Trinajstić information content (AvgIpc) is 2.91. The van der Waals surface area contributed by atoms with Crippen LogP contribution in [-0.2, 0) is 16.0 Å². The second-order valence-corrected chi connectivity index (χ2v) is 6.54. The highest BCUT2D eigenvalue weighted by Gasteiger charge is 2.43. The van der Waals surface area contributed by atoms with Gasteiger partial charge in [-0.3, -0.25) is 14.8 Å². The van der Waals surface area contributed by atoms with Crippen molar-refractivity contribution in [2.45, 2.75) is 38.2 Å². The standard InChI is InChI=1S/C17H23N3O2/c1-13(2)16(21)20-7-3-17(4-8-20)10-14(12-22-17)9-15-11-18-5-6-19-15/h5-6,11,14H,1,3-4,7-10,12H2,2H3. The zero-order chi connectivity index (χ0) is 15.6. The number of rotatable bonds is 3. The van der Waals surface area contributed by atoms with Crippen LogP contribution >= 0.6 is 0 Å². The monoisotopic (exact) mass is 301 g/mol. The number of piperidine rings is 1. The molecule has 22 heavy (non-hydrogen) atoms. The molecule has 2 aliphatic rings. The maximum absolute atomic E-state index is 12.0.